The minimum atomic E-state index is 0.0199. The summed E-state index contributed by atoms with van der Waals surface area (Å²) in [5.74, 6) is 0. The van der Waals surface area contributed by atoms with E-state index in [-0.39, 0.29) is 5.56 Å². The highest BCUT2D eigenvalue weighted by atomic mass is 16.1. The van der Waals surface area contributed by atoms with Crippen LogP contribution in [0.25, 0.3) is 98.8 Å². The Morgan fingerprint density at radius 2 is 0.942 bits per heavy atom. The van der Waals surface area contributed by atoms with Crippen LogP contribution in [-0.4, -0.2) is 8.97 Å². The smallest absolute Gasteiger partial charge is 0.263 e. The van der Waals surface area contributed by atoms with E-state index in [1.807, 2.05) is 28.7 Å². The standard InChI is InChI=1S/C49H30N2O/c52-49-39-20-8-7-19-38(39)42-29-35(30-43-41-28-34(31-13-3-1-4-14-31)25-26-45(41)51(49)48(42)43)33-17-11-18-36(27-33)50-44-23-10-9-21-40(44)47-37(22-12-24-46(47)50)32-15-5-2-6-16-32/h1-30H. The molecule has 0 bridgehead atoms. The molecule has 0 amide bonds. The molecule has 11 aromatic rings. The van der Waals surface area contributed by atoms with Crippen molar-refractivity contribution in [3.8, 4) is 39.1 Å². The Labute approximate surface area is 299 Å². The Morgan fingerprint density at radius 1 is 0.346 bits per heavy atom. The molecule has 0 saturated heterocycles. The Balaban J connectivity index is 1.19. The molecule has 8 aromatic carbocycles. The average molecular weight is 663 g/mol. The second-order valence-electron chi connectivity index (χ2n) is 13.7. The van der Waals surface area contributed by atoms with Crippen LogP contribution in [0.5, 0.6) is 0 Å². The Bertz CT molecular complexity index is 3240. The van der Waals surface area contributed by atoms with Gasteiger partial charge < -0.3 is 4.57 Å². The van der Waals surface area contributed by atoms with Crippen LogP contribution in [-0.2, 0) is 0 Å². The monoisotopic (exact) mass is 662 g/mol. The fourth-order valence-corrected chi connectivity index (χ4v) is 8.55. The maximum absolute atomic E-state index is 14.1. The lowest BCUT2D eigenvalue weighted by atomic mass is 9.96. The van der Waals surface area contributed by atoms with Gasteiger partial charge in [0.05, 0.1) is 22.1 Å². The van der Waals surface area contributed by atoms with Gasteiger partial charge in [-0.2, -0.15) is 0 Å². The molecule has 3 nitrogen and oxygen atoms in total. The van der Waals surface area contributed by atoms with Crippen LogP contribution in [0.15, 0.2) is 187 Å². The lowest BCUT2D eigenvalue weighted by Crippen LogP contribution is -2.12. The third kappa shape index (κ3) is 4.11. The molecule has 0 atom stereocenters. The van der Waals surface area contributed by atoms with E-state index >= 15 is 0 Å². The van der Waals surface area contributed by atoms with Crippen LogP contribution in [0.1, 0.15) is 0 Å². The summed E-state index contributed by atoms with van der Waals surface area (Å²) in [6.07, 6.45) is 0. The quantitative estimate of drug-likeness (QED) is 0.172. The number of para-hydroxylation sites is 1. The number of hydrogen-bond donors (Lipinski definition) is 0. The topological polar surface area (TPSA) is 26.4 Å². The number of nitrogens with zero attached hydrogens (tertiary/aromatic N) is 2. The van der Waals surface area contributed by atoms with Gasteiger partial charge in [-0.1, -0.05) is 127 Å². The first-order valence-corrected chi connectivity index (χ1v) is 17.7. The third-order valence-corrected chi connectivity index (χ3v) is 10.8. The highest BCUT2D eigenvalue weighted by molar-refractivity contribution is 6.22. The molecule has 0 N–H and O–H groups in total. The summed E-state index contributed by atoms with van der Waals surface area (Å²) < 4.78 is 4.33. The molecule has 11 rings (SSSR count). The molecule has 0 radical (unpaired) electrons. The van der Waals surface area contributed by atoms with Crippen molar-refractivity contribution in [2.75, 3.05) is 0 Å². The molecule has 0 aliphatic heterocycles. The van der Waals surface area contributed by atoms with Gasteiger partial charge in [0, 0.05) is 38.0 Å². The number of fused-ring (bicyclic) bond motifs is 8. The van der Waals surface area contributed by atoms with E-state index in [0.717, 1.165) is 65.9 Å². The van der Waals surface area contributed by atoms with Gasteiger partial charge in [-0.05, 0) is 93.4 Å². The zero-order chi connectivity index (χ0) is 34.3. The van der Waals surface area contributed by atoms with Crippen molar-refractivity contribution >= 4 is 59.8 Å². The molecule has 0 saturated carbocycles. The summed E-state index contributed by atoms with van der Waals surface area (Å²) in [4.78, 5) is 14.1. The number of rotatable bonds is 4. The lowest BCUT2D eigenvalue weighted by Gasteiger charge is -2.12. The fraction of sp³-hybridized carbons (Fsp3) is 0. The first-order chi connectivity index (χ1) is 25.7. The van der Waals surface area contributed by atoms with Crippen LogP contribution in [0.4, 0.5) is 0 Å². The van der Waals surface area contributed by atoms with Gasteiger partial charge in [0.25, 0.3) is 5.56 Å². The molecule has 242 valence electrons. The second kappa shape index (κ2) is 11.0. The summed E-state index contributed by atoms with van der Waals surface area (Å²) in [6, 6.07) is 64.4. The number of aromatic nitrogens is 2. The fourth-order valence-electron chi connectivity index (χ4n) is 8.55. The molecular weight excluding hydrogens is 633 g/mol. The largest absolute Gasteiger partial charge is 0.309 e. The highest BCUT2D eigenvalue weighted by Gasteiger charge is 2.20. The van der Waals surface area contributed by atoms with Gasteiger partial charge in [-0.25, -0.2) is 0 Å². The van der Waals surface area contributed by atoms with Gasteiger partial charge in [0.1, 0.15) is 0 Å². The maximum Gasteiger partial charge on any atom is 0.263 e. The molecule has 0 unspecified atom stereocenters. The molecule has 0 spiro atoms. The van der Waals surface area contributed by atoms with Gasteiger partial charge in [0.15, 0.2) is 0 Å². The first-order valence-electron chi connectivity index (χ1n) is 17.7. The van der Waals surface area contributed by atoms with E-state index in [1.165, 1.54) is 32.9 Å². The van der Waals surface area contributed by atoms with Crippen molar-refractivity contribution in [1.82, 2.24) is 8.97 Å². The highest BCUT2D eigenvalue weighted by Crippen LogP contribution is 2.41. The zero-order valence-corrected chi connectivity index (χ0v) is 28.1. The van der Waals surface area contributed by atoms with E-state index < -0.39 is 0 Å². The zero-order valence-electron chi connectivity index (χ0n) is 28.1. The number of hydrogen-bond acceptors (Lipinski definition) is 1. The summed E-state index contributed by atoms with van der Waals surface area (Å²) in [5.41, 5.74) is 12.3. The summed E-state index contributed by atoms with van der Waals surface area (Å²) in [7, 11) is 0. The van der Waals surface area contributed by atoms with Crippen LogP contribution in [0.2, 0.25) is 0 Å². The molecular formula is C49H30N2O. The van der Waals surface area contributed by atoms with Crippen molar-refractivity contribution in [2.24, 2.45) is 0 Å². The van der Waals surface area contributed by atoms with Crippen molar-refractivity contribution in [1.29, 1.82) is 0 Å². The third-order valence-electron chi connectivity index (χ3n) is 10.8. The number of pyridine rings is 1. The number of benzene rings is 8. The van der Waals surface area contributed by atoms with Crippen molar-refractivity contribution in [3.63, 3.8) is 0 Å². The van der Waals surface area contributed by atoms with Gasteiger partial charge in [-0.15, -0.1) is 0 Å². The molecule has 52 heavy (non-hydrogen) atoms. The molecule has 3 heteroatoms. The molecule has 0 aliphatic carbocycles. The van der Waals surface area contributed by atoms with E-state index in [2.05, 4.69) is 162 Å². The Morgan fingerprint density at radius 3 is 1.75 bits per heavy atom. The summed E-state index contributed by atoms with van der Waals surface area (Å²) in [6.45, 7) is 0. The Kier molecular flexibility index (Phi) is 6.11. The van der Waals surface area contributed by atoms with E-state index in [9.17, 15) is 4.79 Å². The van der Waals surface area contributed by atoms with Crippen molar-refractivity contribution < 1.29 is 0 Å². The van der Waals surface area contributed by atoms with Gasteiger partial charge in [0.2, 0.25) is 0 Å². The SMILES string of the molecule is O=c1c2ccccc2c2cc(-c3cccc(-n4c5ccccc5c5c(-c6ccccc6)cccc54)c3)cc3c4cc(-c5ccccc5)ccc4n1c23. The van der Waals surface area contributed by atoms with Crippen LogP contribution in [0.3, 0.4) is 0 Å². The minimum Gasteiger partial charge on any atom is -0.309 e. The predicted molar refractivity (Wildman–Crippen MR) is 218 cm³/mol. The first kappa shape index (κ1) is 28.8. The summed E-state index contributed by atoms with van der Waals surface area (Å²) >= 11 is 0. The summed E-state index contributed by atoms with van der Waals surface area (Å²) in [5, 5.41) is 7.43. The van der Waals surface area contributed by atoms with Crippen molar-refractivity contribution in [3.05, 3.63) is 192 Å². The molecule has 0 fully saturated rings. The molecule has 3 heterocycles. The molecule has 3 aromatic heterocycles. The van der Waals surface area contributed by atoms with Crippen LogP contribution < -0.4 is 5.56 Å². The van der Waals surface area contributed by atoms with Crippen LogP contribution in [0, 0.1) is 0 Å². The van der Waals surface area contributed by atoms with E-state index in [1.54, 1.807) is 0 Å². The average Bonchev–Trinajstić information content (AvgIpc) is 3.74. The Hall–Kier alpha value is -6.97. The van der Waals surface area contributed by atoms with E-state index in [0.29, 0.717) is 0 Å². The maximum atomic E-state index is 14.1. The van der Waals surface area contributed by atoms with Crippen molar-refractivity contribution in [2.45, 2.75) is 0 Å². The van der Waals surface area contributed by atoms with Gasteiger partial charge in [-0.3, -0.25) is 9.20 Å². The molecule has 0 aliphatic rings. The predicted octanol–water partition coefficient (Wildman–Crippen LogP) is 12.3. The minimum absolute atomic E-state index is 0.0199. The second-order valence-corrected chi connectivity index (χ2v) is 13.7. The van der Waals surface area contributed by atoms with Crippen LogP contribution >= 0.6 is 0 Å². The lowest BCUT2D eigenvalue weighted by molar-refractivity contribution is 1.18. The van der Waals surface area contributed by atoms with Gasteiger partial charge >= 0.3 is 0 Å². The normalized spacial score (nSPS) is 11.9. The van der Waals surface area contributed by atoms with E-state index in [4.69, 9.17) is 0 Å².